The number of likely N-dealkylation sites (N-methyl/N-ethyl adjacent to an activating group) is 1. The van der Waals surface area contributed by atoms with E-state index in [1.54, 1.807) is 49.5 Å². The van der Waals surface area contributed by atoms with Gasteiger partial charge in [-0.2, -0.15) is 0 Å². The Morgan fingerprint density at radius 1 is 1.16 bits per heavy atom. The molecule has 6 nitrogen and oxygen atoms in total. The van der Waals surface area contributed by atoms with Crippen LogP contribution in [0.15, 0.2) is 42.5 Å². The Kier molecular flexibility index (Phi) is 4.22. The molecule has 1 N–H and O–H groups in total. The number of para-hydroxylation sites is 1. The predicted molar refractivity (Wildman–Crippen MR) is 92.2 cm³/mol. The van der Waals surface area contributed by atoms with Gasteiger partial charge >= 0.3 is 0 Å². The Morgan fingerprint density at radius 2 is 1.88 bits per heavy atom. The fraction of sp³-hybridized carbons (Fsp3) is 0.263. The van der Waals surface area contributed by atoms with Gasteiger partial charge in [0, 0.05) is 12.6 Å². The summed E-state index contributed by atoms with van der Waals surface area (Å²) in [5.74, 6) is -0.0755. The van der Waals surface area contributed by atoms with Crippen LogP contribution in [0, 0.1) is 0 Å². The van der Waals surface area contributed by atoms with E-state index in [4.69, 9.17) is 9.47 Å². The zero-order valence-electron chi connectivity index (χ0n) is 14.3. The van der Waals surface area contributed by atoms with Crippen molar-refractivity contribution < 1.29 is 24.2 Å². The SMILES string of the molecule is COc1ccc(OC)c(C(=O)C[C@@]2(O)C(=O)N(C)c3ccccc32)c1. The number of hydrogen-bond acceptors (Lipinski definition) is 5. The molecule has 1 amide bonds. The first-order valence-electron chi connectivity index (χ1n) is 7.77. The molecule has 0 saturated heterocycles. The molecule has 1 aliphatic heterocycles. The highest BCUT2D eigenvalue weighted by Gasteiger charge is 2.49. The van der Waals surface area contributed by atoms with Gasteiger partial charge in [0.25, 0.3) is 5.91 Å². The second-order valence-electron chi connectivity index (χ2n) is 5.91. The molecule has 0 fully saturated rings. The second kappa shape index (κ2) is 6.22. The normalized spacial score (nSPS) is 18.9. The molecule has 2 aromatic rings. The number of aliphatic hydroxyl groups is 1. The summed E-state index contributed by atoms with van der Waals surface area (Å²) in [5.41, 5.74) is -0.607. The van der Waals surface area contributed by atoms with Gasteiger partial charge in [-0.25, -0.2) is 0 Å². The largest absolute Gasteiger partial charge is 0.497 e. The Labute approximate surface area is 145 Å². The smallest absolute Gasteiger partial charge is 0.263 e. The summed E-state index contributed by atoms with van der Waals surface area (Å²) in [6.07, 6.45) is -0.378. The van der Waals surface area contributed by atoms with Gasteiger partial charge in [0.1, 0.15) is 11.5 Å². The van der Waals surface area contributed by atoms with Gasteiger partial charge in [0.15, 0.2) is 11.4 Å². The van der Waals surface area contributed by atoms with Crippen LogP contribution >= 0.6 is 0 Å². The van der Waals surface area contributed by atoms with Crippen LogP contribution in [0.1, 0.15) is 22.3 Å². The van der Waals surface area contributed by atoms with Crippen molar-refractivity contribution >= 4 is 17.4 Å². The van der Waals surface area contributed by atoms with E-state index >= 15 is 0 Å². The number of Topliss-reactive ketones (excluding diaryl/α,β-unsaturated/α-hetero) is 1. The van der Waals surface area contributed by atoms with Crippen LogP contribution in [0.2, 0.25) is 0 Å². The molecule has 1 aliphatic rings. The highest BCUT2D eigenvalue weighted by atomic mass is 16.5. The van der Waals surface area contributed by atoms with Crippen LogP contribution in [-0.2, 0) is 10.4 Å². The van der Waals surface area contributed by atoms with Gasteiger partial charge in [-0.15, -0.1) is 0 Å². The van der Waals surface area contributed by atoms with Crippen LogP contribution in [0.4, 0.5) is 5.69 Å². The van der Waals surface area contributed by atoms with E-state index in [9.17, 15) is 14.7 Å². The van der Waals surface area contributed by atoms with E-state index in [2.05, 4.69) is 0 Å². The van der Waals surface area contributed by atoms with Crippen molar-refractivity contribution in [1.29, 1.82) is 0 Å². The number of ether oxygens (including phenoxy) is 2. The molecule has 0 bridgehead atoms. The number of rotatable bonds is 5. The minimum absolute atomic E-state index is 0.259. The molecule has 0 radical (unpaired) electrons. The van der Waals surface area contributed by atoms with Crippen molar-refractivity contribution in [2.75, 3.05) is 26.2 Å². The first-order chi connectivity index (χ1) is 11.9. The molecule has 0 spiro atoms. The summed E-state index contributed by atoms with van der Waals surface area (Å²) in [5, 5.41) is 11.0. The number of methoxy groups -OCH3 is 2. The van der Waals surface area contributed by atoms with Gasteiger partial charge in [-0.05, 0) is 24.3 Å². The molecule has 25 heavy (non-hydrogen) atoms. The monoisotopic (exact) mass is 341 g/mol. The molecule has 130 valence electrons. The molecule has 6 heteroatoms. The number of carbonyl (C=O) groups excluding carboxylic acids is 2. The number of carbonyl (C=O) groups is 2. The highest BCUT2D eigenvalue weighted by Crippen LogP contribution is 2.42. The predicted octanol–water partition coefficient (Wildman–Crippen LogP) is 2.14. The fourth-order valence-corrected chi connectivity index (χ4v) is 3.15. The number of amides is 1. The van der Waals surface area contributed by atoms with Crippen molar-refractivity contribution in [3.05, 3.63) is 53.6 Å². The standard InChI is InChI=1S/C19H19NO5/c1-20-15-7-5-4-6-14(15)19(23,18(20)22)11-16(21)13-10-12(24-2)8-9-17(13)25-3/h4-10,23H,11H2,1-3H3/t19-/m0/s1. The maximum atomic E-state index is 12.8. The third-order valence-electron chi connectivity index (χ3n) is 4.49. The Morgan fingerprint density at radius 3 is 2.56 bits per heavy atom. The summed E-state index contributed by atoms with van der Waals surface area (Å²) in [6, 6.07) is 11.7. The number of ketones is 1. The van der Waals surface area contributed by atoms with Crippen molar-refractivity contribution in [2.24, 2.45) is 0 Å². The third kappa shape index (κ3) is 2.64. The second-order valence-corrected chi connectivity index (χ2v) is 5.91. The lowest BCUT2D eigenvalue weighted by Crippen LogP contribution is -2.40. The number of anilines is 1. The lowest BCUT2D eigenvalue weighted by molar-refractivity contribution is -0.135. The average Bonchev–Trinajstić information content (AvgIpc) is 2.83. The van der Waals surface area contributed by atoms with Crippen molar-refractivity contribution in [3.63, 3.8) is 0 Å². The summed E-state index contributed by atoms with van der Waals surface area (Å²) in [7, 11) is 4.53. The first kappa shape index (κ1) is 17.0. The summed E-state index contributed by atoms with van der Waals surface area (Å²) >= 11 is 0. The number of hydrogen-bond donors (Lipinski definition) is 1. The van der Waals surface area contributed by atoms with E-state index in [-0.39, 0.29) is 12.0 Å². The van der Waals surface area contributed by atoms with Crippen LogP contribution in [0.3, 0.4) is 0 Å². The topological polar surface area (TPSA) is 76.1 Å². The van der Waals surface area contributed by atoms with Gasteiger partial charge in [-0.1, -0.05) is 18.2 Å². The highest BCUT2D eigenvalue weighted by molar-refractivity contribution is 6.11. The molecular formula is C19H19NO5. The Bertz CT molecular complexity index is 847. The number of nitrogens with zero attached hydrogens (tertiary/aromatic N) is 1. The molecule has 3 rings (SSSR count). The van der Waals surface area contributed by atoms with Crippen LogP contribution < -0.4 is 14.4 Å². The summed E-state index contributed by atoms with van der Waals surface area (Å²) in [6.45, 7) is 0. The number of benzene rings is 2. The maximum Gasteiger partial charge on any atom is 0.263 e. The minimum atomic E-state index is -1.89. The third-order valence-corrected chi connectivity index (χ3v) is 4.49. The molecule has 0 aliphatic carbocycles. The average molecular weight is 341 g/mol. The van der Waals surface area contributed by atoms with Crippen LogP contribution in [0.25, 0.3) is 0 Å². The zero-order chi connectivity index (χ0) is 18.2. The van der Waals surface area contributed by atoms with Gasteiger partial charge in [0.2, 0.25) is 0 Å². The fourth-order valence-electron chi connectivity index (χ4n) is 3.15. The van der Waals surface area contributed by atoms with E-state index < -0.39 is 17.3 Å². The molecule has 0 aromatic heterocycles. The summed E-state index contributed by atoms with van der Waals surface area (Å²) in [4.78, 5) is 26.8. The first-order valence-corrected chi connectivity index (χ1v) is 7.77. The molecule has 1 heterocycles. The quantitative estimate of drug-likeness (QED) is 0.843. The van der Waals surface area contributed by atoms with Crippen LogP contribution in [-0.4, -0.2) is 38.1 Å². The lowest BCUT2D eigenvalue weighted by Gasteiger charge is -2.21. The number of fused-ring (bicyclic) bond motifs is 1. The minimum Gasteiger partial charge on any atom is -0.497 e. The Balaban J connectivity index is 2.00. The van der Waals surface area contributed by atoms with E-state index in [1.807, 2.05) is 0 Å². The molecule has 0 saturated carbocycles. The zero-order valence-corrected chi connectivity index (χ0v) is 14.3. The lowest BCUT2D eigenvalue weighted by atomic mass is 9.88. The van der Waals surface area contributed by atoms with Gasteiger partial charge in [-0.3, -0.25) is 9.59 Å². The van der Waals surface area contributed by atoms with Crippen molar-refractivity contribution in [2.45, 2.75) is 12.0 Å². The molecular weight excluding hydrogens is 322 g/mol. The van der Waals surface area contributed by atoms with E-state index in [0.717, 1.165) is 0 Å². The van der Waals surface area contributed by atoms with Crippen molar-refractivity contribution in [3.8, 4) is 11.5 Å². The summed E-state index contributed by atoms with van der Waals surface area (Å²) < 4.78 is 10.4. The Hall–Kier alpha value is -2.86. The van der Waals surface area contributed by atoms with E-state index in [0.29, 0.717) is 22.7 Å². The molecule has 0 unspecified atom stereocenters. The molecule has 2 aromatic carbocycles. The van der Waals surface area contributed by atoms with Crippen molar-refractivity contribution in [1.82, 2.24) is 0 Å². The molecule has 1 atom stereocenters. The van der Waals surface area contributed by atoms with E-state index in [1.165, 1.54) is 19.1 Å². The maximum absolute atomic E-state index is 12.8. The van der Waals surface area contributed by atoms with Crippen LogP contribution in [0.5, 0.6) is 11.5 Å². The van der Waals surface area contributed by atoms with Gasteiger partial charge in [0.05, 0.1) is 31.9 Å². The van der Waals surface area contributed by atoms with Gasteiger partial charge < -0.3 is 19.5 Å².